The van der Waals surface area contributed by atoms with E-state index in [1.807, 2.05) is 28.7 Å². The van der Waals surface area contributed by atoms with Gasteiger partial charge >= 0.3 is 5.97 Å². The fourth-order valence-corrected chi connectivity index (χ4v) is 2.22. The minimum atomic E-state index is -0.389. The van der Waals surface area contributed by atoms with Gasteiger partial charge in [0.15, 0.2) is 0 Å². The van der Waals surface area contributed by atoms with Crippen molar-refractivity contribution >= 4 is 11.6 Å². The van der Waals surface area contributed by atoms with Crippen molar-refractivity contribution in [2.75, 3.05) is 14.2 Å². The third kappa shape index (κ3) is 3.11. The molecule has 118 valence electrons. The van der Waals surface area contributed by atoms with E-state index in [1.165, 1.54) is 7.11 Å². The van der Waals surface area contributed by atoms with Crippen LogP contribution in [0.2, 0.25) is 0 Å². The summed E-state index contributed by atoms with van der Waals surface area (Å²) in [7, 11) is 2.96. The Balaban J connectivity index is 1.83. The molecule has 0 N–H and O–H groups in total. The van der Waals surface area contributed by atoms with E-state index in [4.69, 9.17) is 14.2 Å². The van der Waals surface area contributed by atoms with Crippen LogP contribution in [-0.2, 0) is 11.3 Å². The Labute approximate surface area is 133 Å². The number of carbonyl (C=O) groups is 1. The minimum Gasteiger partial charge on any atom is -0.497 e. The van der Waals surface area contributed by atoms with E-state index in [2.05, 4.69) is 4.98 Å². The summed E-state index contributed by atoms with van der Waals surface area (Å²) in [6.07, 6.45) is 3.41. The van der Waals surface area contributed by atoms with Crippen LogP contribution in [0, 0.1) is 0 Å². The summed E-state index contributed by atoms with van der Waals surface area (Å²) in [5.41, 5.74) is 2.02. The molecule has 1 aromatic carbocycles. The molecule has 0 unspecified atom stereocenters. The van der Waals surface area contributed by atoms with Gasteiger partial charge in [-0.3, -0.25) is 4.40 Å². The fraction of sp³-hybridized carbons (Fsp3) is 0.176. The number of imidazole rings is 1. The Morgan fingerprint density at radius 3 is 2.78 bits per heavy atom. The van der Waals surface area contributed by atoms with E-state index in [0.717, 1.165) is 17.1 Å². The molecule has 0 atom stereocenters. The monoisotopic (exact) mass is 312 g/mol. The zero-order chi connectivity index (χ0) is 16.2. The van der Waals surface area contributed by atoms with Gasteiger partial charge in [0.1, 0.15) is 23.8 Å². The number of nitrogens with zero attached hydrogens (tertiary/aromatic N) is 2. The van der Waals surface area contributed by atoms with Gasteiger partial charge in [0, 0.05) is 12.3 Å². The van der Waals surface area contributed by atoms with E-state index in [9.17, 15) is 4.79 Å². The molecule has 0 fully saturated rings. The van der Waals surface area contributed by atoms with Gasteiger partial charge in [-0.25, -0.2) is 9.78 Å². The lowest BCUT2D eigenvalue weighted by Crippen LogP contribution is -2.05. The Bertz CT molecular complexity index is 841. The van der Waals surface area contributed by atoms with Crippen LogP contribution in [0.1, 0.15) is 16.1 Å². The quantitative estimate of drug-likeness (QED) is 0.678. The van der Waals surface area contributed by atoms with Crippen LogP contribution in [0.4, 0.5) is 0 Å². The van der Waals surface area contributed by atoms with Gasteiger partial charge in [0.25, 0.3) is 0 Å². The molecule has 6 nitrogen and oxygen atoms in total. The molecule has 0 bridgehead atoms. The highest BCUT2D eigenvalue weighted by Crippen LogP contribution is 2.20. The molecular weight excluding hydrogens is 296 g/mol. The average molecular weight is 312 g/mol. The van der Waals surface area contributed by atoms with Crippen molar-refractivity contribution in [2.24, 2.45) is 0 Å². The van der Waals surface area contributed by atoms with Crippen molar-refractivity contribution in [3.63, 3.8) is 0 Å². The molecule has 6 heteroatoms. The molecule has 0 aliphatic heterocycles. The zero-order valence-electron chi connectivity index (χ0n) is 12.9. The topological polar surface area (TPSA) is 62.1 Å². The van der Waals surface area contributed by atoms with Gasteiger partial charge in [-0.1, -0.05) is 6.07 Å². The number of fused-ring (bicyclic) bond motifs is 1. The second kappa shape index (κ2) is 6.39. The van der Waals surface area contributed by atoms with Gasteiger partial charge in [-0.2, -0.15) is 0 Å². The predicted octanol–water partition coefficient (Wildman–Crippen LogP) is 2.71. The first kappa shape index (κ1) is 14.9. The molecule has 2 heterocycles. The molecule has 0 aliphatic rings. The van der Waals surface area contributed by atoms with Crippen LogP contribution in [0.5, 0.6) is 11.5 Å². The van der Waals surface area contributed by atoms with Gasteiger partial charge in [-0.15, -0.1) is 0 Å². The molecule has 0 amide bonds. The number of pyridine rings is 1. The van der Waals surface area contributed by atoms with E-state index in [0.29, 0.717) is 17.9 Å². The van der Waals surface area contributed by atoms with E-state index in [-0.39, 0.29) is 5.97 Å². The highest BCUT2D eigenvalue weighted by Gasteiger charge is 2.10. The second-order valence-corrected chi connectivity index (χ2v) is 4.85. The fourth-order valence-electron chi connectivity index (χ4n) is 2.22. The van der Waals surface area contributed by atoms with Crippen LogP contribution >= 0.6 is 0 Å². The first-order valence-electron chi connectivity index (χ1n) is 7.02. The number of carbonyl (C=O) groups excluding carboxylic acids is 1. The van der Waals surface area contributed by atoms with Crippen LogP contribution in [0.25, 0.3) is 5.65 Å². The lowest BCUT2D eigenvalue weighted by molar-refractivity contribution is 0.0600. The highest BCUT2D eigenvalue weighted by atomic mass is 16.5. The largest absolute Gasteiger partial charge is 0.497 e. The lowest BCUT2D eigenvalue weighted by atomic mass is 10.3. The van der Waals surface area contributed by atoms with Crippen LogP contribution in [0.3, 0.4) is 0 Å². The molecule has 2 aromatic heterocycles. The molecule has 0 radical (unpaired) electrons. The highest BCUT2D eigenvalue weighted by molar-refractivity contribution is 5.89. The third-order valence-electron chi connectivity index (χ3n) is 3.43. The number of hydrogen-bond donors (Lipinski definition) is 0. The molecule has 23 heavy (non-hydrogen) atoms. The maximum atomic E-state index is 11.6. The molecule has 0 aliphatic carbocycles. The number of ether oxygens (including phenoxy) is 3. The number of hydrogen-bond acceptors (Lipinski definition) is 5. The summed E-state index contributed by atoms with van der Waals surface area (Å²) in [4.78, 5) is 15.9. The molecular formula is C17H16N2O4. The van der Waals surface area contributed by atoms with Crippen molar-refractivity contribution in [3.8, 4) is 11.5 Å². The summed E-state index contributed by atoms with van der Waals surface area (Å²) in [6.45, 7) is 0.318. The number of benzene rings is 1. The SMILES string of the molecule is COC(=O)c1ccc2ncc(COc3cccc(OC)c3)n2c1. The summed E-state index contributed by atoms with van der Waals surface area (Å²) in [6, 6.07) is 10.8. The molecule has 3 aromatic rings. The Morgan fingerprint density at radius 2 is 2.00 bits per heavy atom. The van der Waals surface area contributed by atoms with Crippen molar-refractivity contribution in [2.45, 2.75) is 6.61 Å². The molecule has 0 saturated carbocycles. The van der Waals surface area contributed by atoms with Crippen molar-refractivity contribution in [3.05, 3.63) is 60.0 Å². The maximum Gasteiger partial charge on any atom is 0.339 e. The van der Waals surface area contributed by atoms with Gasteiger partial charge in [-0.05, 0) is 24.3 Å². The third-order valence-corrected chi connectivity index (χ3v) is 3.43. The summed E-state index contributed by atoms with van der Waals surface area (Å²) in [5, 5.41) is 0. The van der Waals surface area contributed by atoms with Gasteiger partial charge < -0.3 is 14.2 Å². The van der Waals surface area contributed by atoms with Crippen LogP contribution < -0.4 is 9.47 Å². The van der Waals surface area contributed by atoms with Crippen molar-refractivity contribution in [1.29, 1.82) is 0 Å². The van der Waals surface area contributed by atoms with Crippen molar-refractivity contribution < 1.29 is 19.0 Å². The van der Waals surface area contributed by atoms with Crippen LogP contribution in [0.15, 0.2) is 48.8 Å². The van der Waals surface area contributed by atoms with Crippen molar-refractivity contribution in [1.82, 2.24) is 9.38 Å². The molecule has 3 rings (SSSR count). The summed E-state index contributed by atoms with van der Waals surface area (Å²) >= 11 is 0. The number of methoxy groups -OCH3 is 2. The second-order valence-electron chi connectivity index (χ2n) is 4.85. The predicted molar refractivity (Wildman–Crippen MR) is 83.9 cm³/mol. The van der Waals surface area contributed by atoms with E-state index < -0.39 is 0 Å². The summed E-state index contributed by atoms with van der Waals surface area (Å²) in [5.74, 6) is 1.04. The standard InChI is InChI=1S/C17H16N2O4/c1-21-14-4-3-5-15(8-14)23-11-13-9-18-16-7-6-12(10-19(13)16)17(20)22-2/h3-10H,11H2,1-2H3. The van der Waals surface area contributed by atoms with Crippen LogP contribution in [-0.4, -0.2) is 29.6 Å². The zero-order valence-corrected chi connectivity index (χ0v) is 12.9. The summed E-state index contributed by atoms with van der Waals surface area (Å²) < 4.78 is 17.5. The lowest BCUT2D eigenvalue weighted by Gasteiger charge is -2.08. The van der Waals surface area contributed by atoms with Gasteiger partial charge in [0.05, 0.1) is 31.7 Å². The van der Waals surface area contributed by atoms with Gasteiger partial charge in [0.2, 0.25) is 0 Å². The number of esters is 1. The maximum absolute atomic E-state index is 11.6. The Morgan fingerprint density at radius 1 is 1.17 bits per heavy atom. The first-order chi connectivity index (χ1) is 11.2. The van der Waals surface area contributed by atoms with E-state index >= 15 is 0 Å². The van der Waals surface area contributed by atoms with E-state index in [1.54, 1.807) is 31.6 Å². The normalized spacial score (nSPS) is 10.5. The molecule has 0 spiro atoms. The Hall–Kier alpha value is -3.02. The first-order valence-corrected chi connectivity index (χ1v) is 7.02. The number of aromatic nitrogens is 2. The molecule has 0 saturated heterocycles. The minimum absolute atomic E-state index is 0.318. The average Bonchev–Trinajstić information content (AvgIpc) is 3.01. The number of rotatable bonds is 5. The Kier molecular flexibility index (Phi) is 4.14. The smallest absolute Gasteiger partial charge is 0.339 e.